The number of benzene rings is 1. The molecule has 0 atom stereocenters. The van der Waals surface area contributed by atoms with E-state index in [1.54, 1.807) is 6.07 Å². The Morgan fingerprint density at radius 3 is 2.56 bits per heavy atom. The van der Waals surface area contributed by atoms with Crippen LogP contribution in [0.5, 0.6) is 0 Å². The Morgan fingerprint density at radius 1 is 1.44 bits per heavy atom. The Balaban J connectivity index is 2.48. The van der Waals surface area contributed by atoms with E-state index in [1.807, 2.05) is 0 Å². The number of rotatable bonds is 3. The van der Waals surface area contributed by atoms with Crippen molar-refractivity contribution in [2.45, 2.75) is 29.7 Å². The summed E-state index contributed by atoms with van der Waals surface area (Å²) in [5.41, 5.74) is 6.09. The van der Waals surface area contributed by atoms with E-state index >= 15 is 0 Å². The number of hydrogen-bond donors (Lipinski definition) is 1. The third-order valence-electron chi connectivity index (χ3n) is 2.85. The lowest BCUT2D eigenvalue weighted by molar-refractivity contribution is 0.560. The highest BCUT2D eigenvalue weighted by Crippen LogP contribution is 2.37. The molecule has 0 heterocycles. The van der Waals surface area contributed by atoms with Gasteiger partial charge in [-0.15, -0.1) is 0 Å². The third-order valence-corrected chi connectivity index (χ3v) is 4.05. The van der Waals surface area contributed by atoms with E-state index in [9.17, 15) is 12.8 Å². The fourth-order valence-electron chi connectivity index (χ4n) is 1.82. The fourth-order valence-corrected chi connectivity index (χ4v) is 2.86. The average molecular weight is 243 g/mol. The number of hydrogen-bond acceptors (Lipinski definition) is 3. The summed E-state index contributed by atoms with van der Waals surface area (Å²) < 4.78 is 36.5. The van der Waals surface area contributed by atoms with Gasteiger partial charge >= 0.3 is 0 Å². The van der Waals surface area contributed by atoms with Gasteiger partial charge in [-0.1, -0.05) is 12.1 Å². The summed E-state index contributed by atoms with van der Waals surface area (Å²) in [5, 5.41) is 0. The molecule has 3 nitrogen and oxygen atoms in total. The normalized spacial score (nSPS) is 18.4. The minimum atomic E-state index is -3.54. The summed E-state index contributed by atoms with van der Waals surface area (Å²) in [6.45, 7) is 0. The van der Waals surface area contributed by atoms with Crippen molar-refractivity contribution in [1.29, 1.82) is 0 Å². The molecule has 2 rings (SSSR count). The number of halogens is 1. The molecule has 1 aliphatic carbocycles. The second-order valence-electron chi connectivity index (χ2n) is 4.54. The molecule has 5 heteroatoms. The molecule has 1 aromatic rings. The van der Waals surface area contributed by atoms with E-state index in [0.717, 1.165) is 25.2 Å². The molecule has 1 aliphatic rings. The third kappa shape index (κ3) is 2.25. The maximum atomic E-state index is 13.5. The van der Waals surface area contributed by atoms with Crippen molar-refractivity contribution in [2.24, 2.45) is 5.73 Å². The van der Waals surface area contributed by atoms with E-state index in [0.29, 0.717) is 12.0 Å². The Morgan fingerprint density at radius 2 is 2.06 bits per heavy atom. The summed E-state index contributed by atoms with van der Waals surface area (Å²) in [6, 6.07) is 4.31. The zero-order chi connectivity index (χ0) is 12.0. The van der Waals surface area contributed by atoms with Gasteiger partial charge in [0, 0.05) is 11.8 Å². The van der Waals surface area contributed by atoms with Crippen molar-refractivity contribution < 1.29 is 12.8 Å². The van der Waals surface area contributed by atoms with E-state index in [1.165, 1.54) is 6.07 Å². The average Bonchev–Trinajstić information content (AvgIpc) is 2.80. The van der Waals surface area contributed by atoms with Crippen LogP contribution in [-0.4, -0.2) is 20.2 Å². The summed E-state index contributed by atoms with van der Waals surface area (Å²) in [6.07, 6.45) is 3.18. The molecule has 1 fully saturated rings. The van der Waals surface area contributed by atoms with Crippen LogP contribution in [0.15, 0.2) is 23.1 Å². The molecule has 0 unspecified atom stereocenters. The second-order valence-corrected chi connectivity index (χ2v) is 6.49. The predicted octanol–water partition coefficient (Wildman–Crippen LogP) is 1.26. The van der Waals surface area contributed by atoms with E-state index in [4.69, 9.17) is 5.73 Å². The predicted molar refractivity (Wildman–Crippen MR) is 59.4 cm³/mol. The molecule has 2 N–H and O–H groups in total. The van der Waals surface area contributed by atoms with Crippen LogP contribution in [0.1, 0.15) is 18.4 Å². The van der Waals surface area contributed by atoms with E-state index in [2.05, 4.69) is 0 Å². The van der Waals surface area contributed by atoms with Crippen molar-refractivity contribution in [1.82, 2.24) is 0 Å². The SMILES string of the molecule is CS(=O)(=O)c1c(F)cccc1CC1(N)CC1. The first-order chi connectivity index (χ1) is 7.32. The van der Waals surface area contributed by atoms with Gasteiger partial charge < -0.3 is 5.73 Å². The maximum Gasteiger partial charge on any atom is 0.178 e. The highest BCUT2D eigenvalue weighted by molar-refractivity contribution is 7.90. The molecule has 16 heavy (non-hydrogen) atoms. The van der Waals surface area contributed by atoms with E-state index in [-0.39, 0.29) is 10.4 Å². The van der Waals surface area contributed by atoms with Crippen LogP contribution in [0.2, 0.25) is 0 Å². The number of nitrogens with two attached hydrogens (primary N) is 1. The minimum Gasteiger partial charge on any atom is -0.325 e. The van der Waals surface area contributed by atoms with Crippen LogP contribution in [0.4, 0.5) is 4.39 Å². The summed E-state index contributed by atoms with van der Waals surface area (Å²) >= 11 is 0. The molecule has 0 aliphatic heterocycles. The van der Waals surface area contributed by atoms with Gasteiger partial charge in [-0.3, -0.25) is 0 Å². The van der Waals surface area contributed by atoms with Crippen LogP contribution in [-0.2, 0) is 16.3 Å². The van der Waals surface area contributed by atoms with Gasteiger partial charge in [0.2, 0.25) is 0 Å². The molecule has 0 amide bonds. The highest BCUT2D eigenvalue weighted by Gasteiger charge is 2.39. The Hall–Kier alpha value is -0.940. The Labute approximate surface area is 94.4 Å². The lowest BCUT2D eigenvalue weighted by atomic mass is 10.1. The zero-order valence-corrected chi connectivity index (χ0v) is 9.85. The zero-order valence-electron chi connectivity index (χ0n) is 9.03. The van der Waals surface area contributed by atoms with Crippen LogP contribution in [0.3, 0.4) is 0 Å². The fraction of sp³-hybridized carbons (Fsp3) is 0.455. The van der Waals surface area contributed by atoms with Crippen LogP contribution >= 0.6 is 0 Å². The molecule has 0 radical (unpaired) electrons. The van der Waals surface area contributed by atoms with Gasteiger partial charge in [0.25, 0.3) is 0 Å². The first-order valence-corrected chi connectivity index (χ1v) is 6.97. The van der Waals surface area contributed by atoms with Gasteiger partial charge in [0.1, 0.15) is 10.7 Å². The van der Waals surface area contributed by atoms with Crippen molar-refractivity contribution in [2.75, 3.05) is 6.26 Å². The Kier molecular flexibility index (Phi) is 2.55. The van der Waals surface area contributed by atoms with Gasteiger partial charge in [0.05, 0.1) is 0 Å². The monoisotopic (exact) mass is 243 g/mol. The van der Waals surface area contributed by atoms with Crippen molar-refractivity contribution in [3.05, 3.63) is 29.6 Å². The summed E-state index contributed by atoms with van der Waals surface area (Å²) in [4.78, 5) is -0.202. The number of sulfone groups is 1. The minimum absolute atomic E-state index is 0.202. The molecular weight excluding hydrogens is 229 g/mol. The maximum absolute atomic E-state index is 13.5. The molecule has 0 spiro atoms. The molecule has 0 saturated heterocycles. The summed E-state index contributed by atoms with van der Waals surface area (Å²) in [5.74, 6) is -0.691. The molecule has 1 aromatic carbocycles. The van der Waals surface area contributed by atoms with Gasteiger partial charge in [-0.05, 0) is 30.9 Å². The van der Waals surface area contributed by atoms with Crippen LogP contribution < -0.4 is 5.73 Å². The topological polar surface area (TPSA) is 60.2 Å². The first kappa shape index (κ1) is 11.5. The quantitative estimate of drug-likeness (QED) is 0.869. The second kappa shape index (κ2) is 3.53. The standard InChI is InChI=1S/C11H14FNO2S/c1-16(14,15)10-8(3-2-4-9(10)12)7-11(13)5-6-11/h2-4H,5-7,13H2,1H3. The van der Waals surface area contributed by atoms with Crippen molar-refractivity contribution in [3.8, 4) is 0 Å². The molecule has 0 bridgehead atoms. The van der Waals surface area contributed by atoms with Gasteiger partial charge in [-0.25, -0.2) is 12.8 Å². The summed E-state index contributed by atoms with van der Waals surface area (Å²) in [7, 11) is -3.54. The van der Waals surface area contributed by atoms with Crippen LogP contribution in [0, 0.1) is 5.82 Å². The van der Waals surface area contributed by atoms with E-state index < -0.39 is 15.7 Å². The lowest BCUT2D eigenvalue weighted by Gasteiger charge is -2.12. The van der Waals surface area contributed by atoms with Crippen molar-refractivity contribution in [3.63, 3.8) is 0 Å². The van der Waals surface area contributed by atoms with Crippen molar-refractivity contribution >= 4 is 9.84 Å². The molecule has 1 saturated carbocycles. The Bertz CT molecular complexity index is 521. The molecule has 88 valence electrons. The molecule has 0 aromatic heterocycles. The first-order valence-electron chi connectivity index (χ1n) is 5.08. The molecular formula is C11H14FNO2S. The van der Waals surface area contributed by atoms with Gasteiger partial charge in [-0.2, -0.15) is 0 Å². The van der Waals surface area contributed by atoms with Crippen LogP contribution in [0.25, 0.3) is 0 Å². The smallest absolute Gasteiger partial charge is 0.178 e. The largest absolute Gasteiger partial charge is 0.325 e. The highest BCUT2D eigenvalue weighted by atomic mass is 32.2. The van der Waals surface area contributed by atoms with Gasteiger partial charge in [0.15, 0.2) is 9.84 Å². The lowest BCUT2D eigenvalue weighted by Crippen LogP contribution is -2.25.